The maximum atomic E-state index is 12.4. The molecule has 1 atom stereocenters. The quantitative estimate of drug-likeness (QED) is 0.891. The lowest BCUT2D eigenvalue weighted by Crippen LogP contribution is -2.35. The Morgan fingerprint density at radius 1 is 1.38 bits per heavy atom. The zero-order valence-corrected chi connectivity index (χ0v) is 12.3. The van der Waals surface area contributed by atoms with E-state index in [0.29, 0.717) is 11.0 Å². The summed E-state index contributed by atoms with van der Waals surface area (Å²) in [6.07, 6.45) is 4.32. The molecule has 0 amide bonds. The zero-order chi connectivity index (χ0) is 15.2. The minimum absolute atomic E-state index is 0.0381. The van der Waals surface area contributed by atoms with E-state index in [1.807, 2.05) is 0 Å². The summed E-state index contributed by atoms with van der Waals surface area (Å²) in [5, 5.41) is 9.16. The van der Waals surface area contributed by atoms with Crippen LogP contribution in [-0.4, -0.2) is 20.6 Å². The van der Waals surface area contributed by atoms with Gasteiger partial charge in [-0.15, -0.1) is 0 Å². The van der Waals surface area contributed by atoms with Gasteiger partial charge in [-0.05, 0) is 36.5 Å². The Morgan fingerprint density at radius 3 is 2.81 bits per heavy atom. The Hall–Kier alpha value is -2.04. The highest BCUT2D eigenvalue weighted by Gasteiger charge is 2.35. The van der Waals surface area contributed by atoms with Gasteiger partial charge in [-0.1, -0.05) is 26.7 Å². The fourth-order valence-corrected chi connectivity index (χ4v) is 3.52. The molecular weight excluding hydrogens is 268 g/mol. The second kappa shape index (κ2) is 4.76. The summed E-state index contributed by atoms with van der Waals surface area (Å²) >= 11 is 0. The lowest BCUT2D eigenvalue weighted by molar-refractivity contribution is 0.0697. The molecule has 1 aromatic heterocycles. The van der Waals surface area contributed by atoms with E-state index < -0.39 is 5.97 Å². The van der Waals surface area contributed by atoms with Crippen molar-refractivity contribution in [1.82, 2.24) is 9.55 Å². The summed E-state index contributed by atoms with van der Waals surface area (Å²) in [6, 6.07) is 4.90. The molecule has 1 fully saturated rings. The summed E-state index contributed by atoms with van der Waals surface area (Å²) in [5.74, 6) is -0.972. The Morgan fingerprint density at radius 2 is 2.14 bits per heavy atom. The van der Waals surface area contributed by atoms with E-state index in [1.165, 1.54) is 12.5 Å². The molecular formula is C16H20N2O3. The lowest BCUT2D eigenvalue weighted by atomic mass is 9.73. The molecule has 5 heteroatoms. The van der Waals surface area contributed by atoms with Crippen molar-refractivity contribution in [2.24, 2.45) is 5.41 Å². The van der Waals surface area contributed by atoms with Crippen molar-refractivity contribution in [3.05, 3.63) is 34.2 Å². The van der Waals surface area contributed by atoms with Gasteiger partial charge in [0.25, 0.3) is 0 Å². The third-order valence-electron chi connectivity index (χ3n) is 4.73. The molecule has 3 rings (SSSR count). The molecule has 21 heavy (non-hydrogen) atoms. The molecule has 1 heterocycles. The predicted molar refractivity (Wildman–Crippen MR) is 80.8 cm³/mol. The van der Waals surface area contributed by atoms with Gasteiger partial charge in [0.05, 0.1) is 16.6 Å². The molecule has 0 saturated heterocycles. The van der Waals surface area contributed by atoms with Crippen LogP contribution in [0.4, 0.5) is 0 Å². The number of nitrogens with one attached hydrogen (secondary N) is 1. The SMILES string of the molecule is CC1(C)CCCCC1n1c(=O)[nH]c2ccc(C(=O)O)cc21. The number of carboxylic acid groups (broad SMARTS) is 1. The van der Waals surface area contributed by atoms with Crippen LogP contribution < -0.4 is 5.69 Å². The van der Waals surface area contributed by atoms with Crippen LogP contribution in [0.25, 0.3) is 11.0 Å². The number of aromatic amines is 1. The highest BCUT2D eigenvalue weighted by molar-refractivity contribution is 5.92. The van der Waals surface area contributed by atoms with Crippen LogP contribution >= 0.6 is 0 Å². The van der Waals surface area contributed by atoms with Crippen molar-refractivity contribution in [3.8, 4) is 0 Å². The Balaban J connectivity index is 2.21. The normalized spacial score (nSPS) is 21.5. The maximum Gasteiger partial charge on any atom is 0.335 e. The predicted octanol–water partition coefficient (Wildman–Crippen LogP) is 3.17. The second-order valence-corrected chi connectivity index (χ2v) is 6.59. The van der Waals surface area contributed by atoms with Crippen LogP contribution in [0.5, 0.6) is 0 Å². The van der Waals surface area contributed by atoms with Crippen molar-refractivity contribution in [2.75, 3.05) is 0 Å². The number of imidazole rings is 1. The van der Waals surface area contributed by atoms with Crippen LogP contribution in [-0.2, 0) is 0 Å². The first-order chi connectivity index (χ1) is 9.90. The van der Waals surface area contributed by atoms with Gasteiger partial charge in [0.15, 0.2) is 0 Å². The fourth-order valence-electron chi connectivity index (χ4n) is 3.52. The molecule has 0 aliphatic heterocycles. The number of fused-ring (bicyclic) bond motifs is 1. The van der Waals surface area contributed by atoms with Crippen molar-refractivity contribution >= 4 is 17.0 Å². The van der Waals surface area contributed by atoms with Gasteiger partial charge in [-0.3, -0.25) is 4.57 Å². The molecule has 1 aliphatic rings. The van der Waals surface area contributed by atoms with Crippen LogP contribution in [0.3, 0.4) is 0 Å². The average Bonchev–Trinajstić information content (AvgIpc) is 2.73. The maximum absolute atomic E-state index is 12.4. The van der Waals surface area contributed by atoms with E-state index in [9.17, 15) is 9.59 Å². The summed E-state index contributed by atoms with van der Waals surface area (Å²) in [7, 11) is 0. The molecule has 5 nitrogen and oxygen atoms in total. The van der Waals surface area contributed by atoms with Crippen molar-refractivity contribution in [3.63, 3.8) is 0 Å². The number of nitrogens with zero attached hydrogens (tertiary/aromatic N) is 1. The number of carboxylic acids is 1. The van der Waals surface area contributed by atoms with Gasteiger partial charge in [0.1, 0.15) is 0 Å². The summed E-state index contributed by atoms with van der Waals surface area (Å²) in [6.45, 7) is 4.37. The Labute approximate surface area is 122 Å². The summed E-state index contributed by atoms with van der Waals surface area (Å²) in [5.41, 5.74) is 1.50. The molecule has 112 valence electrons. The number of rotatable bonds is 2. The molecule has 2 N–H and O–H groups in total. The average molecular weight is 288 g/mol. The number of carbonyl (C=O) groups is 1. The van der Waals surface area contributed by atoms with Gasteiger partial charge in [0.2, 0.25) is 0 Å². The van der Waals surface area contributed by atoms with Crippen LogP contribution in [0.15, 0.2) is 23.0 Å². The van der Waals surface area contributed by atoms with Gasteiger partial charge in [-0.25, -0.2) is 9.59 Å². The third-order valence-corrected chi connectivity index (χ3v) is 4.73. The van der Waals surface area contributed by atoms with Crippen LogP contribution in [0.1, 0.15) is 55.9 Å². The number of hydrogen-bond acceptors (Lipinski definition) is 2. The van der Waals surface area contributed by atoms with Crippen molar-refractivity contribution in [2.45, 2.75) is 45.6 Å². The largest absolute Gasteiger partial charge is 0.478 e. The van der Waals surface area contributed by atoms with Gasteiger partial charge < -0.3 is 10.1 Å². The Kier molecular flexibility index (Phi) is 3.15. The third kappa shape index (κ3) is 2.26. The smallest absolute Gasteiger partial charge is 0.335 e. The van der Waals surface area contributed by atoms with Gasteiger partial charge >= 0.3 is 11.7 Å². The summed E-state index contributed by atoms with van der Waals surface area (Å²) in [4.78, 5) is 26.4. The molecule has 1 aliphatic carbocycles. The molecule has 0 spiro atoms. The first-order valence-electron chi connectivity index (χ1n) is 7.38. The van der Waals surface area contributed by atoms with Gasteiger partial charge in [0, 0.05) is 6.04 Å². The lowest BCUT2D eigenvalue weighted by Gasteiger charge is -2.39. The molecule has 2 aromatic rings. The van der Waals surface area contributed by atoms with Crippen LogP contribution in [0.2, 0.25) is 0 Å². The van der Waals surface area contributed by atoms with E-state index >= 15 is 0 Å². The number of hydrogen-bond donors (Lipinski definition) is 2. The Bertz CT molecular complexity index is 754. The molecule has 1 aromatic carbocycles. The number of H-pyrrole nitrogens is 1. The second-order valence-electron chi connectivity index (χ2n) is 6.59. The fraction of sp³-hybridized carbons (Fsp3) is 0.500. The number of aromatic carboxylic acids is 1. The highest BCUT2D eigenvalue weighted by atomic mass is 16.4. The minimum atomic E-state index is -0.972. The molecule has 0 radical (unpaired) electrons. The molecule has 1 saturated carbocycles. The van der Waals surface area contributed by atoms with E-state index in [4.69, 9.17) is 5.11 Å². The first-order valence-corrected chi connectivity index (χ1v) is 7.38. The van der Waals surface area contributed by atoms with Gasteiger partial charge in [-0.2, -0.15) is 0 Å². The van der Waals surface area contributed by atoms with E-state index in [-0.39, 0.29) is 22.7 Å². The standard InChI is InChI=1S/C16H20N2O3/c1-16(2)8-4-3-5-13(16)18-12-9-10(14(19)20)6-7-11(12)17-15(18)21/h6-7,9,13H,3-5,8H2,1-2H3,(H,17,21)(H,19,20). The highest BCUT2D eigenvalue weighted by Crippen LogP contribution is 2.44. The van der Waals surface area contributed by atoms with E-state index in [0.717, 1.165) is 19.3 Å². The monoisotopic (exact) mass is 288 g/mol. The first kappa shape index (κ1) is 13.9. The summed E-state index contributed by atoms with van der Waals surface area (Å²) < 4.78 is 1.76. The number of benzene rings is 1. The van der Waals surface area contributed by atoms with Crippen molar-refractivity contribution < 1.29 is 9.90 Å². The minimum Gasteiger partial charge on any atom is -0.478 e. The van der Waals surface area contributed by atoms with Crippen molar-refractivity contribution in [1.29, 1.82) is 0 Å². The molecule has 0 bridgehead atoms. The topological polar surface area (TPSA) is 75.1 Å². The van der Waals surface area contributed by atoms with Crippen LogP contribution in [0, 0.1) is 5.41 Å². The number of aromatic nitrogens is 2. The molecule has 1 unspecified atom stereocenters. The zero-order valence-electron chi connectivity index (χ0n) is 12.3. The van der Waals surface area contributed by atoms with E-state index in [1.54, 1.807) is 16.7 Å². The van der Waals surface area contributed by atoms with E-state index in [2.05, 4.69) is 18.8 Å².